The predicted octanol–water partition coefficient (Wildman–Crippen LogP) is 5.22. The SMILES string of the molecule is CN1CCN(CCCNc2ncc(Cl)c(-c3cc4c(C(=O)NC5CC5)cccc4s3)n2)CC1.Cl.Cl.Cl. The molecular weight excluding hydrogens is 562 g/mol. The molecule has 1 aliphatic carbocycles. The molecule has 198 valence electrons. The summed E-state index contributed by atoms with van der Waals surface area (Å²) in [5.74, 6) is 0.570. The molecule has 2 aromatic heterocycles. The van der Waals surface area contributed by atoms with Gasteiger partial charge in [-0.05, 0) is 51.1 Å². The van der Waals surface area contributed by atoms with E-state index in [0.717, 1.165) is 73.5 Å². The molecule has 5 rings (SSSR count). The van der Waals surface area contributed by atoms with Crippen LogP contribution in [0.5, 0.6) is 0 Å². The molecule has 0 radical (unpaired) electrons. The number of piperazine rings is 1. The van der Waals surface area contributed by atoms with E-state index in [1.807, 2.05) is 24.3 Å². The number of halogens is 4. The second-order valence-corrected chi connectivity index (χ2v) is 10.4. The molecule has 0 spiro atoms. The van der Waals surface area contributed by atoms with Crippen LogP contribution in [0.15, 0.2) is 30.5 Å². The largest absolute Gasteiger partial charge is 0.354 e. The number of fused-ring (bicyclic) bond motifs is 1. The van der Waals surface area contributed by atoms with Gasteiger partial charge in [-0.15, -0.1) is 48.6 Å². The molecule has 0 bridgehead atoms. The van der Waals surface area contributed by atoms with E-state index in [-0.39, 0.29) is 43.1 Å². The summed E-state index contributed by atoms with van der Waals surface area (Å²) in [6.07, 6.45) is 4.82. The number of hydrogen-bond donors (Lipinski definition) is 2. The van der Waals surface area contributed by atoms with Gasteiger partial charge in [-0.1, -0.05) is 17.7 Å². The summed E-state index contributed by atoms with van der Waals surface area (Å²) in [5, 5.41) is 7.87. The number of rotatable bonds is 8. The number of hydrogen-bond acceptors (Lipinski definition) is 7. The van der Waals surface area contributed by atoms with Crippen molar-refractivity contribution in [2.24, 2.45) is 0 Å². The first-order valence-electron chi connectivity index (χ1n) is 11.6. The summed E-state index contributed by atoms with van der Waals surface area (Å²) < 4.78 is 1.05. The van der Waals surface area contributed by atoms with E-state index in [9.17, 15) is 4.79 Å². The van der Waals surface area contributed by atoms with Crippen LogP contribution in [0.4, 0.5) is 5.95 Å². The number of carbonyl (C=O) groups is 1. The fourth-order valence-corrected chi connectivity index (χ4v) is 5.41. The summed E-state index contributed by atoms with van der Waals surface area (Å²) >= 11 is 8.07. The molecule has 12 heteroatoms. The van der Waals surface area contributed by atoms with Crippen LogP contribution in [-0.4, -0.2) is 78.0 Å². The summed E-state index contributed by atoms with van der Waals surface area (Å²) in [4.78, 5) is 27.6. The zero-order valence-electron chi connectivity index (χ0n) is 20.0. The van der Waals surface area contributed by atoms with E-state index in [1.54, 1.807) is 17.5 Å². The Morgan fingerprint density at radius 1 is 1.17 bits per heavy atom. The van der Waals surface area contributed by atoms with Crippen molar-refractivity contribution >= 4 is 82.1 Å². The Balaban J connectivity index is 0.00000152. The third kappa shape index (κ3) is 7.57. The zero-order chi connectivity index (χ0) is 22.8. The Hall–Kier alpha value is -1.39. The number of anilines is 1. The second-order valence-electron chi connectivity index (χ2n) is 8.89. The lowest BCUT2D eigenvalue weighted by Crippen LogP contribution is -2.44. The van der Waals surface area contributed by atoms with Crippen molar-refractivity contribution < 1.29 is 4.79 Å². The van der Waals surface area contributed by atoms with Gasteiger partial charge in [0.05, 0.1) is 16.1 Å². The summed E-state index contributed by atoms with van der Waals surface area (Å²) in [6.45, 7) is 6.41. The molecule has 1 aliphatic heterocycles. The van der Waals surface area contributed by atoms with Gasteiger partial charge in [0.2, 0.25) is 5.95 Å². The van der Waals surface area contributed by atoms with Crippen LogP contribution in [0.1, 0.15) is 29.6 Å². The van der Waals surface area contributed by atoms with E-state index >= 15 is 0 Å². The molecule has 0 atom stereocenters. The first kappa shape index (κ1) is 30.8. The Morgan fingerprint density at radius 3 is 2.64 bits per heavy atom. The van der Waals surface area contributed by atoms with E-state index in [1.165, 1.54) is 0 Å². The number of carbonyl (C=O) groups excluding carboxylic acids is 1. The molecule has 2 fully saturated rings. The highest BCUT2D eigenvalue weighted by Gasteiger charge is 2.25. The minimum Gasteiger partial charge on any atom is -0.354 e. The van der Waals surface area contributed by atoms with E-state index in [4.69, 9.17) is 16.6 Å². The molecule has 2 aliphatic rings. The number of likely N-dealkylation sites (N-methyl/N-ethyl adjacent to an activating group) is 1. The lowest BCUT2D eigenvalue weighted by atomic mass is 10.1. The van der Waals surface area contributed by atoms with Crippen LogP contribution in [-0.2, 0) is 0 Å². The van der Waals surface area contributed by atoms with Crippen LogP contribution >= 0.6 is 60.2 Å². The van der Waals surface area contributed by atoms with Crippen molar-refractivity contribution in [1.82, 2.24) is 25.1 Å². The monoisotopic (exact) mass is 592 g/mol. The van der Waals surface area contributed by atoms with Crippen LogP contribution < -0.4 is 10.6 Å². The predicted molar refractivity (Wildman–Crippen MR) is 157 cm³/mol. The molecular formula is C24H32Cl4N6OS. The standard InChI is InChI=1S/C24H29ClN6OS.3ClH/c1-30-10-12-31(13-11-30)9-3-8-26-24-27-15-19(25)22(29-24)21-14-18-17(4-2-5-20(18)33-21)23(32)28-16-6-7-16;;;/h2,4-5,14-16H,3,6-13H2,1H3,(H,28,32)(H,26,27,29);3*1H. The fourth-order valence-electron chi connectivity index (χ4n) is 4.07. The molecule has 0 unspecified atom stereocenters. The number of nitrogens with zero attached hydrogens (tertiary/aromatic N) is 4. The first-order chi connectivity index (χ1) is 16.1. The van der Waals surface area contributed by atoms with Gasteiger partial charge in [0.25, 0.3) is 5.91 Å². The van der Waals surface area contributed by atoms with Gasteiger partial charge >= 0.3 is 0 Å². The minimum atomic E-state index is -0.0102. The summed E-state index contributed by atoms with van der Waals surface area (Å²) in [5.41, 5.74) is 1.40. The van der Waals surface area contributed by atoms with Crippen LogP contribution in [0.2, 0.25) is 5.02 Å². The smallest absolute Gasteiger partial charge is 0.252 e. The second kappa shape index (κ2) is 14.0. The Morgan fingerprint density at radius 2 is 1.92 bits per heavy atom. The maximum Gasteiger partial charge on any atom is 0.252 e. The van der Waals surface area contributed by atoms with Crippen LogP contribution in [0.3, 0.4) is 0 Å². The van der Waals surface area contributed by atoms with Crippen LogP contribution in [0, 0.1) is 0 Å². The van der Waals surface area contributed by atoms with Gasteiger partial charge in [-0.3, -0.25) is 4.79 Å². The van der Waals surface area contributed by atoms with E-state index in [2.05, 4.69) is 32.5 Å². The van der Waals surface area contributed by atoms with Gasteiger partial charge in [0, 0.05) is 54.4 Å². The van der Waals surface area contributed by atoms with Crippen molar-refractivity contribution in [1.29, 1.82) is 0 Å². The number of amides is 1. The highest BCUT2D eigenvalue weighted by molar-refractivity contribution is 7.22. The number of nitrogens with one attached hydrogen (secondary N) is 2. The van der Waals surface area contributed by atoms with Gasteiger partial charge in [0.1, 0.15) is 5.69 Å². The molecule has 1 saturated heterocycles. The molecule has 1 saturated carbocycles. The average Bonchev–Trinajstić information content (AvgIpc) is 3.52. The topological polar surface area (TPSA) is 73.4 Å². The summed E-state index contributed by atoms with van der Waals surface area (Å²) in [6, 6.07) is 8.19. The number of benzene rings is 1. The lowest BCUT2D eigenvalue weighted by molar-refractivity contribution is 0.0953. The van der Waals surface area contributed by atoms with Gasteiger partial charge < -0.3 is 20.4 Å². The average molecular weight is 594 g/mol. The van der Waals surface area contributed by atoms with Crippen molar-refractivity contribution in [3.05, 3.63) is 41.0 Å². The van der Waals surface area contributed by atoms with Crippen molar-refractivity contribution in [2.75, 3.05) is 51.6 Å². The minimum absolute atomic E-state index is 0. The molecule has 1 amide bonds. The maximum absolute atomic E-state index is 12.7. The normalized spacial score (nSPS) is 15.9. The van der Waals surface area contributed by atoms with E-state index < -0.39 is 0 Å². The third-order valence-corrected chi connectivity index (χ3v) is 7.61. The van der Waals surface area contributed by atoms with Gasteiger partial charge in [0.15, 0.2) is 0 Å². The Kier molecular flexibility index (Phi) is 12.0. The Labute approximate surface area is 239 Å². The fraction of sp³-hybridized carbons (Fsp3) is 0.458. The molecule has 1 aromatic carbocycles. The van der Waals surface area contributed by atoms with Crippen LogP contribution in [0.25, 0.3) is 20.7 Å². The number of aromatic nitrogens is 2. The van der Waals surface area contributed by atoms with Crippen molar-refractivity contribution in [3.8, 4) is 10.6 Å². The number of thiophene rings is 1. The zero-order valence-corrected chi connectivity index (χ0v) is 24.1. The molecule has 3 aromatic rings. The Bertz CT molecular complexity index is 1150. The third-order valence-electron chi connectivity index (χ3n) is 6.23. The van der Waals surface area contributed by atoms with Gasteiger partial charge in [-0.25, -0.2) is 9.97 Å². The van der Waals surface area contributed by atoms with Crippen molar-refractivity contribution in [3.63, 3.8) is 0 Å². The summed E-state index contributed by atoms with van der Waals surface area (Å²) in [7, 11) is 2.18. The highest BCUT2D eigenvalue weighted by atomic mass is 35.5. The van der Waals surface area contributed by atoms with Crippen molar-refractivity contribution in [2.45, 2.75) is 25.3 Å². The molecule has 3 heterocycles. The molecule has 2 N–H and O–H groups in total. The van der Waals surface area contributed by atoms with Gasteiger partial charge in [-0.2, -0.15) is 0 Å². The first-order valence-corrected chi connectivity index (χ1v) is 12.8. The highest BCUT2D eigenvalue weighted by Crippen LogP contribution is 2.37. The molecule has 36 heavy (non-hydrogen) atoms. The maximum atomic E-state index is 12.7. The quantitative estimate of drug-likeness (QED) is 0.349. The molecule has 7 nitrogen and oxygen atoms in total. The van der Waals surface area contributed by atoms with E-state index in [0.29, 0.717) is 28.3 Å². The lowest BCUT2D eigenvalue weighted by Gasteiger charge is -2.32.